The number of rotatable bonds is 9. The lowest BCUT2D eigenvalue weighted by Crippen LogP contribution is -2.27. The fourth-order valence-corrected chi connectivity index (χ4v) is 3.79. The SMILES string of the molecule is Cc1cccc(COc2ccc(/C=C(/NC(=O)CCC3CCCC3)C(=O)O)cc2)c1. The van der Waals surface area contributed by atoms with E-state index in [2.05, 4.69) is 11.4 Å². The van der Waals surface area contributed by atoms with Crippen LogP contribution in [0.25, 0.3) is 6.08 Å². The summed E-state index contributed by atoms with van der Waals surface area (Å²) in [5.74, 6) is -0.0934. The van der Waals surface area contributed by atoms with Crippen molar-refractivity contribution in [2.75, 3.05) is 0 Å². The molecule has 158 valence electrons. The van der Waals surface area contributed by atoms with Gasteiger partial charge in [-0.2, -0.15) is 0 Å². The summed E-state index contributed by atoms with van der Waals surface area (Å²) in [6, 6.07) is 15.3. The number of nitrogens with one attached hydrogen (secondary N) is 1. The number of aliphatic carboxylic acids is 1. The van der Waals surface area contributed by atoms with E-state index in [1.807, 2.05) is 25.1 Å². The van der Waals surface area contributed by atoms with Crippen LogP contribution in [0.3, 0.4) is 0 Å². The molecule has 0 unspecified atom stereocenters. The van der Waals surface area contributed by atoms with Crippen molar-refractivity contribution in [3.8, 4) is 5.75 Å². The van der Waals surface area contributed by atoms with E-state index in [4.69, 9.17) is 4.74 Å². The third-order valence-corrected chi connectivity index (χ3v) is 5.44. The molecule has 0 bridgehead atoms. The molecular weight excluding hydrogens is 378 g/mol. The van der Waals surface area contributed by atoms with Crippen LogP contribution in [-0.4, -0.2) is 17.0 Å². The number of amides is 1. The van der Waals surface area contributed by atoms with Crippen molar-refractivity contribution in [2.24, 2.45) is 5.92 Å². The minimum Gasteiger partial charge on any atom is -0.489 e. The average Bonchev–Trinajstić information content (AvgIpc) is 3.25. The Bertz CT molecular complexity index is 896. The van der Waals surface area contributed by atoms with Crippen LogP contribution < -0.4 is 10.1 Å². The Kier molecular flexibility index (Phi) is 7.66. The third-order valence-electron chi connectivity index (χ3n) is 5.44. The minimum atomic E-state index is -1.15. The van der Waals surface area contributed by atoms with Gasteiger partial charge in [0.1, 0.15) is 18.1 Å². The van der Waals surface area contributed by atoms with Crippen LogP contribution in [0.5, 0.6) is 5.75 Å². The number of hydrogen-bond donors (Lipinski definition) is 2. The van der Waals surface area contributed by atoms with E-state index in [0.717, 1.165) is 12.0 Å². The summed E-state index contributed by atoms with van der Waals surface area (Å²) in [5, 5.41) is 12.0. The van der Waals surface area contributed by atoms with Gasteiger partial charge in [-0.05, 0) is 48.6 Å². The number of carbonyl (C=O) groups is 2. The van der Waals surface area contributed by atoms with Crippen LogP contribution in [-0.2, 0) is 16.2 Å². The average molecular weight is 408 g/mol. The molecule has 1 fully saturated rings. The second-order valence-electron chi connectivity index (χ2n) is 7.95. The van der Waals surface area contributed by atoms with Gasteiger partial charge in [-0.3, -0.25) is 4.79 Å². The van der Waals surface area contributed by atoms with E-state index >= 15 is 0 Å². The van der Waals surface area contributed by atoms with Gasteiger partial charge in [0, 0.05) is 6.42 Å². The summed E-state index contributed by atoms with van der Waals surface area (Å²) >= 11 is 0. The van der Waals surface area contributed by atoms with Gasteiger partial charge in [0.2, 0.25) is 5.91 Å². The first-order valence-corrected chi connectivity index (χ1v) is 10.5. The molecule has 2 aromatic carbocycles. The highest BCUT2D eigenvalue weighted by Gasteiger charge is 2.17. The minimum absolute atomic E-state index is 0.111. The van der Waals surface area contributed by atoms with Gasteiger partial charge in [-0.1, -0.05) is 67.6 Å². The predicted molar refractivity (Wildman–Crippen MR) is 117 cm³/mol. The second-order valence-corrected chi connectivity index (χ2v) is 7.95. The van der Waals surface area contributed by atoms with Crippen molar-refractivity contribution in [3.05, 3.63) is 70.9 Å². The molecule has 0 aromatic heterocycles. The monoisotopic (exact) mass is 407 g/mol. The zero-order valence-electron chi connectivity index (χ0n) is 17.4. The Labute approximate surface area is 177 Å². The Hall–Kier alpha value is -3.08. The number of carbonyl (C=O) groups excluding carboxylic acids is 1. The molecule has 5 nitrogen and oxygen atoms in total. The van der Waals surface area contributed by atoms with E-state index in [0.29, 0.717) is 30.3 Å². The van der Waals surface area contributed by atoms with E-state index in [1.54, 1.807) is 24.3 Å². The molecule has 3 rings (SSSR count). The number of hydrogen-bond acceptors (Lipinski definition) is 3. The number of ether oxygens (including phenoxy) is 1. The van der Waals surface area contributed by atoms with Crippen LogP contribution in [0.15, 0.2) is 54.2 Å². The van der Waals surface area contributed by atoms with Crippen molar-refractivity contribution in [1.82, 2.24) is 5.32 Å². The molecule has 2 N–H and O–H groups in total. The lowest BCUT2D eigenvalue weighted by Gasteiger charge is -2.10. The molecule has 0 saturated heterocycles. The molecule has 5 heteroatoms. The van der Waals surface area contributed by atoms with E-state index in [1.165, 1.54) is 37.3 Å². The highest BCUT2D eigenvalue weighted by molar-refractivity contribution is 5.96. The standard InChI is InChI=1S/C25H29NO4/c1-18-5-4-8-21(15-18)17-30-22-12-9-20(10-13-22)16-23(25(28)29)26-24(27)14-11-19-6-2-3-7-19/h4-5,8-10,12-13,15-16,19H,2-3,6-7,11,14,17H2,1H3,(H,26,27)(H,28,29)/b23-16+. The second kappa shape index (κ2) is 10.6. The first-order chi connectivity index (χ1) is 14.5. The maximum absolute atomic E-state index is 12.2. The summed E-state index contributed by atoms with van der Waals surface area (Å²) in [7, 11) is 0. The maximum Gasteiger partial charge on any atom is 0.352 e. The Balaban J connectivity index is 1.55. The quantitative estimate of drug-likeness (QED) is 0.568. The normalized spacial score (nSPS) is 14.5. The zero-order chi connectivity index (χ0) is 21.3. The Morgan fingerprint density at radius 3 is 2.53 bits per heavy atom. The summed E-state index contributed by atoms with van der Waals surface area (Å²) in [4.78, 5) is 23.7. The lowest BCUT2D eigenvalue weighted by molar-refractivity contribution is -0.134. The van der Waals surface area contributed by atoms with Gasteiger partial charge in [-0.15, -0.1) is 0 Å². The molecule has 30 heavy (non-hydrogen) atoms. The Morgan fingerprint density at radius 2 is 1.87 bits per heavy atom. The summed E-state index contributed by atoms with van der Waals surface area (Å²) in [5.41, 5.74) is 2.85. The first kappa shape index (κ1) is 21.6. The number of carboxylic acid groups (broad SMARTS) is 1. The molecule has 0 atom stereocenters. The molecule has 1 aliphatic rings. The molecule has 0 spiro atoms. The predicted octanol–water partition coefficient (Wildman–Crippen LogP) is 5.09. The van der Waals surface area contributed by atoms with Crippen LogP contribution in [0, 0.1) is 12.8 Å². The van der Waals surface area contributed by atoms with Gasteiger partial charge in [0.15, 0.2) is 0 Å². The van der Waals surface area contributed by atoms with Crippen LogP contribution in [0.4, 0.5) is 0 Å². The lowest BCUT2D eigenvalue weighted by atomic mass is 10.0. The van der Waals surface area contributed by atoms with Crippen LogP contribution in [0.2, 0.25) is 0 Å². The van der Waals surface area contributed by atoms with Crippen molar-refractivity contribution in [1.29, 1.82) is 0 Å². The topological polar surface area (TPSA) is 75.6 Å². The zero-order valence-corrected chi connectivity index (χ0v) is 17.4. The fraction of sp³-hybridized carbons (Fsp3) is 0.360. The smallest absolute Gasteiger partial charge is 0.352 e. The van der Waals surface area contributed by atoms with Crippen molar-refractivity contribution < 1.29 is 19.4 Å². The van der Waals surface area contributed by atoms with E-state index in [9.17, 15) is 14.7 Å². The summed E-state index contributed by atoms with van der Waals surface area (Å²) < 4.78 is 5.79. The van der Waals surface area contributed by atoms with Gasteiger partial charge in [0.25, 0.3) is 0 Å². The van der Waals surface area contributed by atoms with Crippen LogP contribution in [0.1, 0.15) is 55.2 Å². The van der Waals surface area contributed by atoms with Crippen molar-refractivity contribution in [3.63, 3.8) is 0 Å². The molecule has 0 radical (unpaired) electrons. The molecule has 1 saturated carbocycles. The van der Waals surface area contributed by atoms with Crippen LogP contribution >= 0.6 is 0 Å². The molecule has 0 heterocycles. The largest absolute Gasteiger partial charge is 0.489 e. The van der Waals surface area contributed by atoms with Gasteiger partial charge in [-0.25, -0.2) is 4.79 Å². The van der Waals surface area contributed by atoms with Crippen molar-refractivity contribution in [2.45, 2.75) is 52.1 Å². The highest BCUT2D eigenvalue weighted by Crippen LogP contribution is 2.28. The summed E-state index contributed by atoms with van der Waals surface area (Å²) in [6.07, 6.45) is 7.47. The Morgan fingerprint density at radius 1 is 1.13 bits per heavy atom. The molecule has 1 aliphatic carbocycles. The third kappa shape index (κ3) is 6.76. The van der Waals surface area contributed by atoms with E-state index < -0.39 is 5.97 Å². The fourth-order valence-electron chi connectivity index (χ4n) is 3.79. The van der Waals surface area contributed by atoms with Crippen molar-refractivity contribution >= 4 is 18.0 Å². The summed E-state index contributed by atoms with van der Waals surface area (Å²) in [6.45, 7) is 2.51. The molecule has 0 aliphatic heterocycles. The molecule has 1 amide bonds. The van der Waals surface area contributed by atoms with Gasteiger partial charge >= 0.3 is 5.97 Å². The number of carboxylic acids is 1. The van der Waals surface area contributed by atoms with E-state index in [-0.39, 0.29) is 11.6 Å². The highest BCUT2D eigenvalue weighted by atomic mass is 16.5. The molecular formula is C25H29NO4. The number of benzene rings is 2. The first-order valence-electron chi connectivity index (χ1n) is 10.5. The number of aryl methyl sites for hydroxylation is 1. The van der Waals surface area contributed by atoms with Gasteiger partial charge < -0.3 is 15.2 Å². The molecule has 2 aromatic rings. The van der Waals surface area contributed by atoms with Gasteiger partial charge in [0.05, 0.1) is 0 Å². The maximum atomic E-state index is 12.2.